The van der Waals surface area contributed by atoms with E-state index in [4.69, 9.17) is 5.73 Å². The van der Waals surface area contributed by atoms with Gasteiger partial charge in [-0.1, -0.05) is 26.0 Å². The Labute approximate surface area is 91.5 Å². The molecule has 0 bridgehead atoms. The fourth-order valence-electron chi connectivity index (χ4n) is 1.57. The van der Waals surface area contributed by atoms with Crippen molar-refractivity contribution >= 4 is 0 Å². The summed E-state index contributed by atoms with van der Waals surface area (Å²) < 4.78 is 12.6. The minimum atomic E-state index is -0.186. The van der Waals surface area contributed by atoms with Gasteiger partial charge in [0.15, 0.2) is 0 Å². The lowest BCUT2D eigenvalue weighted by molar-refractivity contribution is 0.494. The molecule has 1 atom stereocenters. The van der Waals surface area contributed by atoms with Crippen LogP contribution in [0.15, 0.2) is 24.3 Å². The van der Waals surface area contributed by atoms with E-state index >= 15 is 0 Å². The Balaban J connectivity index is 2.37. The van der Waals surface area contributed by atoms with Crippen molar-refractivity contribution < 1.29 is 4.39 Å². The summed E-state index contributed by atoms with van der Waals surface area (Å²) in [4.78, 5) is 0. The van der Waals surface area contributed by atoms with E-state index in [2.05, 4.69) is 13.8 Å². The number of halogens is 1. The van der Waals surface area contributed by atoms with Crippen LogP contribution in [0.1, 0.15) is 32.3 Å². The predicted octanol–water partition coefficient (Wildman–Crippen LogP) is 3.13. The molecule has 0 radical (unpaired) electrons. The molecule has 0 aliphatic heterocycles. The van der Waals surface area contributed by atoms with Crippen molar-refractivity contribution in [3.05, 3.63) is 35.6 Å². The summed E-state index contributed by atoms with van der Waals surface area (Å²) in [7, 11) is 0. The predicted molar refractivity (Wildman–Crippen MR) is 62.2 cm³/mol. The van der Waals surface area contributed by atoms with Gasteiger partial charge in [0.2, 0.25) is 0 Å². The topological polar surface area (TPSA) is 26.0 Å². The van der Waals surface area contributed by atoms with Gasteiger partial charge in [0.05, 0.1) is 0 Å². The summed E-state index contributed by atoms with van der Waals surface area (Å²) in [5, 5.41) is 0. The van der Waals surface area contributed by atoms with Gasteiger partial charge in [0, 0.05) is 6.04 Å². The molecule has 0 aliphatic carbocycles. The molecule has 1 aromatic rings. The highest BCUT2D eigenvalue weighted by Crippen LogP contribution is 2.10. The summed E-state index contributed by atoms with van der Waals surface area (Å²) in [5.41, 5.74) is 7.12. The van der Waals surface area contributed by atoms with Crippen LogP contribution in [0.5, 0.6) is 0 Å². The van der Waals surface area contributed by atoms with Crippen molar-refractivity contribution in [2.24, 2.45) is 11.7 Å². The minimum Gasteiger partial charge on any atom is -0.327 e. The monoisotopic (exact) mass is 209 g/mol. The van der Waals surface area contributed by atoms with Gasteiger partial charge < -0.3 is 5.73 Å². The molecule has 84 valence electrons. The Morgan fingerprint density at radius 2 is 1.73 bits per heavy atom. The highest BCUT2D eigenvalue weighted by Gasteiger charge is 2.05. The number of nitrogens with two attached hydrogens (primary N) is 1. The fraction of sp³-hybridized carbons (Fsp3) is 0.538. The third kappa shape index (κ3) is 4.93. The highest BCUT2D eigenvalue weighted by molar-refractivity contribution is 5.16. The maximum Gasteiger partial charge on any atom is 0.123 e. The van der Waals surface area contributed by atoms with Crippen LogP contribution in [0.2, 0.25) is 0 Å². The second-order valence-corrected chi connectivity index (χ2v) is 4.56. The van der Waals surface area contributed by atoms with Crippen LogP contribution in [0.4, 0.5) is 4.39 Å². The van der Waals surface area contributed by atoms with E-state index in [1.807, 2.05) is 12.1 Å². The maximum atomic E-state index is 12.6. The molecule has 0 saturated heterocycles. The molecule has 2 heteroatoms. The third-order valence-corrected chi connectivity index (χ3v) is 2.53. The van der Waals surface area contributed by atoms with E-state index in [9.17, 15) is 4.39 Å². The molecule has 15 heavy (non-hydrogen) atoms. The largest absolute Gasteiger partial charge is 0.327 e. The van der Waals surface area contributed by atoms with E-state index in [1.54, 1.807) is 0 Å². The van der Waals surface area contributed by atoms with Crippen LogP contribution in [-0.2, 0) is 6.42 Å². The first-order valence-corrected chi connectivity index (χ1v) is 5.58. The summed E-state index contributed by atoms with van der Waals surface area (Å²) in [6.07, 6.45) is 3.03. The normalized spacial score (nSPS) is 13.1. The molecule has 1 rings (SSSR count). The highest BCUT2D eigenvalue weighted by atomic mass is 19.1. The number of hydrogen-bond acceptors (Lipinski definition) is 1. The Morgan fingerprint density at radius 1 is 1.13 bits per heavy atom. The lowest BCUT2D eigenvalue weighted by Crippen LogP contribution is -2.23. The van der Waals surface area contributed by atoms with Crippen molar-refractivity contribution in [3.63, 3.8) is 0 Å². The van der Waals surface area contributed by atoms with Crippen molar-refractivity contribution in [3.8, 4) is 0 Å². The SMILES string of the molecule is CC(C)CCC(N)Cc1ccc(F)cc1. The van der Waals surface area contributed by atoms with Gasteiger partial charge in [0.1, 0.15) is 5.82 Å². The van der Waals surface area contributed by atoms with E-state index in [-0.39, 0.29) is 11.9 Å². The van der Waals surface area contributed by atoms with Crippen molar-refractivity contribution in [2.75, 3.05) is 0 Å². The molecule has 0 fully saturated rings. The second-order valence-electron chi connectivity index (χ2n) is 4.56. The summed E-state index contributed by atoms with van der Waals surface area (Å²) in [5.74, 6) is 0.513. The average Bonchev–Trinajstić information content (AvgIpc) is 2.19. The fourth-order valence-corrected chi connectivity index (χ4v) is 1.57. The molecule has 2 N–H and O–H groups in total. The van der Waals surface area contributed by atoms with Gasteiger partial charge >= 0.3 is 0 Å². The molecule has 0 spiro atoms. The van der Waals surface area contributed by atoms with Crippen LogP contribution in [0.3, 0.4) is 0 Å². The second kappa shape index (κ2) is 5.86. The molecule has 1 unspecified atom stereocenters. The molecular formula is C13H20FN. The molecule has 0 aromatic heterocycles. The molecule has 0 amide bonds. The van der Waals surface area contributed by atoms with Gasteiger partial charge in [-0.2, -0.15) is 0 Å². The molecule has 0 heterocycles. The zero-order chi connectivity index (χ0) is 11.3. The summed E-state index contributed by atoms with van der Waals surface area (Å²) >= 11 is 0. The van der Waals surface area contributed by atoms with E-state index in [0.717, 1.165) is 24.8 Å². The lowest BCUT2D eigenvalue weighted by Gasteiger charge is -2.12. The van der Waals surface area contributed by atoms with Crippen LogP contribution >= 0.6 is 0 Å². The minimum absolute atomic E-state index is 0.186. The Morgan fingerprint density at radius 3 is 2.27 bits per heavy atom. The van der Waals surface area contributed by atoms with E-state index in [0.29, 0.717) is 5.92 Å². The zero-order valence-electron chi connectivity index (χ0n) is 9.54. The lowest BCUT2D eigenvalue weighted by atomic mass is 9.98. The van der Waals surface area contributed by atoms with Gasteiger partial charge in [-0.25, -0.2) is 4.39 Å². The quantitative estimate of drug-likeness (QED) is 0.792. The molecule has 0 aliphatic rings. The van der Waals surface area contributed by atoms with Crippen LogP contribution in [-0.4, -0.2) is 6.04 Å². The maximum absolute atomic E-state index is 12.6. The molecule has 1 nitrogen and oxygen atoms in total. The first-order chi connectivity index (χ1) is 7.08. The molecule has 0 saturated carbocycles. The van der Waals surface area contributed by atoms with Crippen LogP contribution in [0, 0.1) is 11.7 Å². The van der Waals surface area contributed by atoms with Crippen LogP contribution in [0.25, 0.3) is 0 Å². The van der Waals surface area contributed by atoms with E-state index < -0.39 is 0 Å². The first-order valence-electron chi connectivity index (χ1n) is 5.58. The van der Waals surface area contributed by atoms with Gasteiger partial charge in [-0.3, -0.25) is 0 Å². The van der Waals surface area contributed by atoms with E-state index in [1.165, 1.54) is 12.1 Å². The van der Waals surface area contributed by atoms with Crippen LogP contribution < -0.4 is 5.73 Å². The molecular weight excluding hydrogens is 189 g/mol. The number of rotatable bonds is 5. The van der Waals surface area contributed by atoms with Crippen molar-refractivity contribution in [1.82, 2.24) is 0 Å². The summed E-state index contributed by atoms with van der Waals surface area (Å²) in [6.45, 7) is 4.40. The standard InChI is InChI=1S/C13H20FN/c1-10(2)3-8-13(15)9-11-4-6-12(14)7-5-11/h4-7,10,13H,3,8-9,15H2,1-2H3. The number of hydrogen-bond donors (Lipinski definition) is 1. The number of benzene rings is 1. The Kier molecular flexibility index (Phi) is 4.76. The first kappa shape index (κ1) is 12.2. The van der Waals surface area contributed by atoms with Gasteiger partial charge in [-0.15, -0.1) is 0 Å². The van der Waals surface area contributed by atoms with Crippen molar-refractivity contribution in [2.45, 2.75) is 39.2 Å². The Hall–Kier alpha value is -0.890. The van der Waals surface area contributed by atoms with Gasteiger partial charge in [-0.05, 0) is 42.9 Å². The summed E-state index contributed by atoms with van der Waals surface area (Å²) in [6, 6.07) is 6.79. The molecule has 1 aromatic carbocycles. The van der Waals surface area contributed by atoms with Crippen molar-refractivity contribution in [1.29, 1.82) is 0 Å². The van der Waals surface area contributed by atoms with Gasteiger partial charge in [0.25, 0.3) is 0 Å². The Bertz CT molecular complexity index is 279. The smallest absolute Gasteiger partial charge is 0.123 e. The average molecular weight is 209 g/mol. The third-order valence-electron chi connectivity index (χ3n) is 2.53. The zero-order valence-corrected chi connectivity index (χ0v) is 9.54.